The Labute approximate surface area is 98.2 Å². The molecule has 1 spiro atoms. The highest BCUT2D eigenvalue weighted by Gasteiger charge is 2.44. The molecule has 16 heavy (non-hydrogen) atoms. The molecule has 0 bridgehead atoms. The molecule has 1 N–H and O–H groups in total. The van der Waals surface area contributed by atoms with Gasteiger partial charge in [0, 0.05) is 6.42 Å². The molecule has 2 rings (SSSR count). The molecule has 0 amide bonds. The third kappa shape index (κ3) is 3.08. The molecule has 0 atom stereocenters. The summed E-state index contributed by atoms with van der Waals surface area (Å²) in [5.74, 6) is 0.555. The van der Waals surface area contributed by atoms with Gasteiger partial charge in [0.2, 0.25) is 0 Å². The summed E-state index contributed by atoms with van der Waals surface area (Å²) < 4.78 is 4.68. The van der Waals surface area contributed by atoms with E-state index in [1.807, 2.05) is 0 Å². The van der Waals surface area contributed by atoms with Gasteiger partial charge in [-0.25, -0.2) is 0 Å². The van der Waals surface area contributed by atoms with Gasteiger partial charge in [0.1, 0.15) is 0 Å². The largest absolute Gasteiger partial charge is 0.469 e. The lowest BCUT2D eigenvalue weighted by atomic mass is 9.57. The van der Waals surface area contributed by atoms with Crippen molar-refractivity contribution in [2.45, 2.75) is 32.1 Å². The Balaban J connectivity index is 0.000000606. The Hall–Kier alpha value is -0.830. The molecule has 0 aromatic carbocycles. The van der Waals surface area contributed by atoms with Crippen LogP contribution in [0.15, 0.2) is 13.2 Å². The minimum Gasteiger partial charge on any atom is -0.469 e. The first-order valence-corrected chi connectivity index (χ1v) is 6.02. The summed E-state index contributed by atoms with van der Waals surface area (Å²) in [7, 11) is 1.47. The number of ether oxygens (including phenoxy) is 1. The van der Waals surface area contributed by atoms with Crippen molar-refractivity contribution in [1.82, 2.24) is 5.32 Å². The van der Waals surface area contributed by atoms with E-state index in [2.05, 4.69) is 23.2 Å². The Morgan fingerprint density at radius 2 is 1.94 bits per heavy atom. The van der Waals surface area contributed by atoms with E-state index in [0.29, 0.717) is 17.8 Å². The lowest BCUT2D eigenvalue weighted by molar-refractivity contribution is -0.144. The topological polar surface area (TPSA) is 38.3 Å². The first-order chi connectivity index (χ1) is 7.74. The zero-order valence-corrected chi connectivity index (χ0v) is 10.3. The van der Waals surface area contributed by atoms with E-state index in [1.165, 1.54) is 32.8 Å². The second-order valence-corrected chi connectivity index (χ2v) is 4.80. The van der Waals surface area contributed by atoms with Gasteiger partial charge < -0.3 is 10.1 Å². The van der Waals surface area contributed by atoms with Gasteiger partial charge in [0.05, 0.1) is 7.11 Å². The second kappa shape index (κ2) is 6.04. The summed E-state index contributed by atoms with van der Waals surface area (Å²) in [4.78, 5) is 11.1. The molecule has 3 nitrogen and oxygen atoms in total. The number of methoxy groups -OCH3 is 1. The maximum absolute atomic E-state index is 11.1. The molecule has 2 fully saturated rings. The summed E-state index contributed by atoms with van der Waals surface area (Å²) >= 11 is 0. The van der Waals surface area contributed by atoms with Gasteiger partial charge in [0.15, 0.2) is 0 Å². The normalized spacial score (nSPS) is 22.8. The number of hydrogen-bond acceptors (Lipinski definition) is 3. The molecule has 2 aliphatic rings. The van der Waals surface area contributed by atoms with Crippen LogP contribution in [0.2, 0.25) is 0 Å². The Kier molecular flexibility index (Phi) is 5.00. The van der Waals surface area contributed by atoms with Crippen LogP contribution in [0.3, 0.4) is 0 Å². The first kappa shape index (κ1) is 13.2. The average molecular weight is 225 g/mol. The fourth-order valence-electron chi connectivity index (χ4n) is 2.99. The van der Waals surface area contributed by atoms with E-state index < -0.39 is 0 Å². The van der Waals surface area contributed by atoms with Gasteiger partial charge in [-0.15, -0.1) is 13.2 Å². The van der Waals surface area contributed by atoms with E-state index in [1.54, 1.807) is 0 Å². The molecule has 1 saturated heterocycles. The minimum atomic E-state index is -0.0428. The monoisotopic (exact) mass is 225 g/mol. The SMILES string of the molecule is C=C.COC(=O)CC1CC2(CCNCC2)C1. The molecule has 0 aromatic rings. The van der Waals surface area contributed by atoms with E-state index in [-0.39, 0.29) is 5.97 Å². The molecule has 0 unspecified atom stereocenters. The molecule has 1 aliphatic heterocycles. The highest BCUT2D eigenvalue weighted by Crippen LogP contribution is 2.52. The average Bonchev–Trinajstić information content (AvgIpc) is 2.31. The van der Waals surface area contributed by atoms with Crippen molar-refractivity contribution in [3.05, 3.63) is 13.2 Å². The smallest absolute Gasteiger partial charge is 0.305 e. The lowest BCUT2D eigenvalue weighted by Gasteiger charge is -2.50. The minimum absolute atomic E-state index is 0.0428. The van der Waals surface area contributed by atoms with Crippen LogP contribution in [-0.4, -0.2) is 26.2 Å². The molecule has 0 radical (unpaired) electrons. The predicted octanol–water partition coefficient (Wildman–Crippen LogP) is 2.13. The number of piperidine rings is 1. The molecule has 3 heteroatoms. The van der Waals surface area contributed by atoms with Crippen LogP contribution in [0.1, 0.15) is 32.1 Å². The van der Waals surface area contributed by atoms with Gasteiger partial charge >= 0.3 is 5.97 Å². The fourth-order valence-corrected chi connectivity index (χ4v) is 2.99. The van der Waals surface area contributed by atoms with Crippen molar-refractivity contribution < 1.29 is 9.53 Å². The standard InChI is InChI=1S/C11H19NO2.C2H4/c1-14-10(13)6-9-7-11(8-9)2-4-12-5-3-11;1-2/h9,12H,2-8H2,1H3;1-2H2. The number of carbonyl (C=O) groups excluding carboxylic acids is 1. The van der Waals surface area contributed by atoms with Crippen molar-refractivity contribution in [2.24, 2.45) is 11.3 Å². The van der Waals surface area contributed by atoms with Gasteiger partial charge in [0.25, 0.3) is 0 Å². The first-order valence-electron chi connectivity index (χ1n) is 6.02. The summed E-state index contributed by atoms with van der Waals surface area (Å²) in [6.07, 6.45) is 5.70. The van der Waals surface area contributed by atoms with Crippen LogP contribution in [0.25, 0.3) is 0 Å². The van der Waals surface area contributed by atoms with Crippen LogP contribution in [0, 0.1) is 11.3 Å². The highest BCUT2D eigenvalue weighted by molar-refractivity contribution is 5.69. The molecular formula is C13H23NO2. The van der Waals surface area contributed by atoms with Crippen molar-refractivity contribution >= 4 is 5.97 Å². The van der Waals surface area contributed by atoms with Crippen molar-refractivity contribution in [3.8, 4) is 0 Å². The summed E-state index contributed by atoms with van der Waals surface area (Å²) in [5.41, 5.74) is 0.587. The number of hydrogen-bond donors (Lipinski definition) is 1. The summed E-state index contributed by atoms with van der Waals surface area (Å²) in [6, 6.07) is 0. The van der Waals surface area contributed by atoms with Crippen molar-refractivity contribution in [3.63, 3.8) is 0 Å². The lowest BCUT2D eigenvalue weighted by Crippen LogP contribution is -2.45. The van der Waals surface area contributed by atoms with Gasteiger partial charge in [-0.1, -0.05) is 0 Å². The Morgan fingerprint density at radius 1 is 1.38 bits per heavy atom. The maximum Gasteiger partial charge on any atom is 0.305 e. The van der Waals surface area contributed by atoms with Crippen molar-refractivity contribution in [1.29, 1.82) is 0 Å². The second-order valence-electron chi connectivity index (χ2n) is 4.80. The molecule has 0 aromatic heterocycles. The molecule has 1 heterocycles. The number of esters is 1. The van der Waals surface area contributed by atoms with Crippen LogP contribution in [-0.2, 0) is 9.53 Å². The van der Waals surface area contributed by atoms with Crippen LogP contribution >= 0.6 is 0 Å². The number of rotatable bonds is 2. The van der Waals surface area contributed by atoms with Gasteiger partial charge in [-0.05, 0) is 50.1 Å². The quantitative estimate of drug-likeness (QED) is 0.578. The van der Waals surface area contributed by atoms with Crippen LogP contribution in [0.5, 0.6) is 0 Å². The molecule has 92 valence electrons. The molecule has 1 saturated carbocycles. The van der Waals surface area contributed by atoms with Gasteiger partial charge in [-0.3, -0.25) is 4.79 Å². The third-order valence-corrected chi connectivity index (χ3v) is 3.79. The van der Waals surface area contributed by atoms with E-state index in [4.69, 9.17) is 0 Å². The van der Waals surface area contributed by atoms with E-state index >= 15 is 0 Å². The van der Waals surface area contributed by atoms with Crippen molar-refractivity contribution in [2.75, 3.05) is 20.2 Å². The highest BCUT2D eigenvalue weighted by atomic mass is 16.5. The summed E-state index contributed by atoms with van der Waals surface area (Å²) in [6.45, 7) is 8.32. The summed E-state index contributed by atoms with van der Waals surface area (Å²) in [5, 5.41) is 3.38. The fraction of sp³-hybridized carbons (Fsp3) is 0.769. The van der Waals surface area contributed by atoms with Crippen LogP contribution < -0.4 is 5.32 Å². The maximum atomic E-state index is 11.1. The predicted molar refractivity (Wildman–Crippen MR) is 65.1 cm³/mol. The molecular weight excluding hydrogens is 202 g/mol. The zero-order chi connectivity index (χ0) is 12.0. The van der Waals surface area contributed by atoms with E-state index in [9.17, 15) is 4.79 Å². The number of carbonyl (C=O) groups is 1. The zero-order valence-electron chi connectivity index (χ0n) is 10.3. The van der Waals surface area contributed by atoms with Gasteiger partial charge in [-0.2, -0.15) is 0 Å². The Bertz CT molecular complexity index is 226. The number of nitrogens with one attached hydrogen (secondary N) is 1. The third-order valence-electron chi connectivity index (χ3n) is 3.79. The van der Waals surface area contributed by atoms with Crippen LogP contribution in [0.4, 0.5) is 0 Å². The Morgan fingerprint density at radius 3 is 2.44 bits per heavy atom. The molecule has 1 aliphatic carbocycles. The van der Waals surface area contributed by atoms with E-state index in [0.717, 1.165) is 13.1 Å².